The van der Waals surface area contributed by atoms with Crippen LogP contribution in [0.4, 0.5) is 10.6 Å². The third-order valence-electron chi connectivity index (χ3n) is 6.92. The Bertz CT molecular complexity index is 692. The Morgan fingerprint density at radius 1 is 1.37 bits per heavy atom. The van der Waals surface area contributed by atoms with Crippen LogP contribution < -0.4 is 9.64 Å². The summed E-state index contributed by atoms with van der Waals surface area (Å²) < 4.78 is 5.46. The highest BCUT2D eigenvalue weighted by Gasteiger charge is 2.57. The molecule has 1 spiro atoms. The predicted octanol–water partition coefficient (Wildman–Crippen LogP) is 2.52. The maximum Gasteiger partial charge on any atom is 0.407 e. The van der Waals surface area contributed by atoms with Crippen molar-refractivity contribution in [3.63, 3.8) is 0 Å². The molecule has 148 valence electrons. The van der Waals surface area contributed by atoms with E-state index in [2.05, 4.69) is 21.7 Å². The van der Waals surface area contributed by atoms with Gasteiger partial charge >= 0.3 is 6.09 Å². The standard InChI is InChI=1S/C20H30N4O3/c1-3-17-20(14-24(17)19(25)26)7-6-15(13-20)22-9-11-23(12-10-22)18-16(27-2)5-4-8-21-18/h4-5,8,15,17H,3,6-7,9-14H2,1-2H3,(H,25,26)/t15-,17?,20?/m1/s1. The molecule has 1 N–H and O–H groups in total. The summed E-state index contributed by atoms with van der Waals surface area (Å²) in [5.74, 6) is 1.77. The molecular formula is C20H30N4O3. The molecule has 2 unspecified atom stereocenters. The number of hydrogen-bond donors (Lipinski definition) is 1. The Kier molecular flexibility index (Phi) is 4.88. The molecule has 3 atom stereocenters. The minimum absolute atomic E-state index is 0.207. The maximum atomic E-state index is 11.4. The summed E-state index contributed by atoms with van der Waals surface area (Å²) in [5, 5.41) is 9.37. The van der Waals surface area contributed by atoms with Crippen molar-refractivity contribution >= 4 is 11.9 Å². The number of pyridine rings is 1. The molecular weight excluding hydrogens is 344 g/mol. The van der Waals surface area contributed by atoms with E-state index in [0.717, 1.165) is 63.6 Å². The zero-order valence-corrected chi connectivity index (χ0v) is 16.3. The van der Waals surface area contributed by atoms with E-state index in [1.54, 1.807) is 12.0 Å². The molecule has 27 heavy (non-hydrogen) atoms. The van der Waals surface area contributed by atoms with Gasteiger partial charge in [-0.15, -0.1) is 0 Å². The number of methoxy groups -OCH3 is 1. The smallest absolute Gasteiger partial charge is 0.407 e. The van der Waals surface area contributed by atoms with Gasteiger partial charge in [0.2, 0.25) is 0 Å². The number of ether oxygens (including phenoxy) is 1. The first-order valence-corrected chi connectivity index (χ1v) is 10.1. The van der Waals surface area contributed by atoms with Crippen LogP contribution in [0.5, 0.6) is 5.75 Å². The molecule has 3 aliphatic rings. The third kappa shape index (κ3) is 3.12. The number of likely N-dealkylation sites (tertiary alicyclic amines) is 1. The third-order valence-corrected chi connectivity index (χ3v) is 6.92. The van der Waals surface area contributed by atoms with E-state index in [-0.39, 0.29) is 11.5 Å². The second-order valence-electron chi connectivity index (χ2n) is 8.15. The van der Waals surface area contributed by atoms with Gasteiger partial charge in [0, 0.05) is 56.4 Å². The molecule has 1 aliphatic carbocycles. The van der Waals surface area contributed by atoms with Crippen molar-refractivity contribution in [2.75, 3.05) is 44.7 Å². The number of rotatable bonds is 4. The number of carboxylic acid groups (broad SMARTS) is 1. The van der Waals surface area contributed by atoms with Crippen molar-refractivity contribution < 1.29 is 14.6 Å². The van der Waals surface area contributed by atoms with Crippen LogP contribution in [-0.4, -0.2) is 77.9 Å². The predicted molar refractivity (Wildman–Crippen MR) is 103 cm³/mol. The molecule has 1 aromatic heterocycles. The zero-order chi connectivity index (χ0) is 19.0. The highest BCUT2D eigenvalue weighted by Crippen LogP contribution is 2.52. The summed E-state index contributed by atoms with van der Waals surface area (Å²) in [5.41, 5.74) is 0.221. The van der Waals surface area contributed by atoms with Crippen LogP contribution in [0.25, 0.3) is 0 Å². The van der Waals surface area contributed by atoms with Crippen molar-refractivity contribution in [3.8, 4) is 5.75 Å². The van der Waals surface area contributed by atoms with Crippen molar-refractivity contribution in [2.45, 2.75) is 44.7 Å². The van der Waals surface area contributed by atoms with Crippen LogP contribution in [0, 0.1) is 5.41 Å². The summed E-state index contributed by atoms with van der Waals surface area (Å²) in [6, 6.07) is 4.66. The second-order valence-corrected chi connectivity index (χ2v) is 8.15. The van der Waals surface area contributed by atoms with Crippen LogP contribution in [0.3, 0.4) is 0 Å². The normalized spacial score (nSPS) is 31.2. The molecule has 7 nitrogen and oxygen atoms in total. The zero-order valence-electron chi connectivity index (χ0n) is 16.3. The first-order chi connectivity index (χ1) is 13.1. The lowest BCUT2D eigenvalue weighted by Crippen LogP contribution is -2.65. The molecule has 1 saturated carbocycles. The van der Waals surface area contributed by atoms with Gasteiger partial charge in [0.05, 0.1) is 7.11 Å². The van der Waals surface area contributed by atoms with Gasteiger partial charge in [-0.3, -0.25) is 4.90 Å². The largest absolute Gasteiger partial charge is 0.493 e. The SMILES string of the molecule is CCC1N(C(=O)O)CC12CC[C@@H](N1CCN(c3ncccc3OC)CC1)C2. The number of piperazine rings is 1. The first-order valence-electron chi connectivity index (χ1n) is 10.1. The van der Waals surface area contributed by atoms with Gasteiger partial charge in [0.1, 0.15) is 0 Å². The van der Waals surface area contributed by atoms with Crippen LogP contribution in [0.15, 0.2) is 18.3 Å². The Hall–Kier alpha value is -2.02. The van der Waals surface area contributed by atoms with Crippen molar-refractivity contribution in [3.05, 3.63) is 18.3 Å². The molecule has 0 radical (unpaired) electrons. The molecule has 7 heteroatoms. The van der Waals surface area contributed by atoms with Gasteiger partial charge in [-0.1, -0.05) is 6.92 Å². The van der Waals surface area contributed by atoms with Crippen molar-refractivity contribution in [2.24, 2.45) is 5.41 Å². The number of nitrogens with zero attached hydrogens (tertiary/aromatic N) is 4. The van der Waals surface area contributed by atoms with Gasteiger partial charge in [0.15, 0.2) is 11.6 Å². The monoisotopic (exact) mass is 374 g/mol. The molecule has 3 heterocycles. The van der Waals surface area contributed by atoms with Crippen LogP contribution in [0.2, 0.25) is 0 Å². The van der Waals surface area contributed by atoms with E-state index in [1.165, 1.54) is 6.42 Å². The topological polar surface area (TPSA) is 69.1 Å². The fourth-order valence-electron chi connectivity index (χ4n) is 5.59. The Morgan fingerprint density at radius 3 is 2.81 bits per heavy atom. The van der Waals surface area contributed by atoms with E-state index in [9.17, 15) is 9.90 Å². The van der Waals surface area contributed by atoms with E-state index in [4.69, 9.17) is 4.74 Å². The molecule has 1 aromatic rings. The lowest BCUT2D eigenvalue weighted by Gasteiger charge is -2.55. The van der Waals surface area contributed by atoms with Crippen LogP contribution in [0.1, 0.15) is 32.6 Å². The summed E-state index contributed by atoms with van der Waals surface area (Å²) in [6.07, 6.45) is 5.48. The van der Waals surface area contributed by atoms with Gasteiger partial charge in [0.25, 0.3) is 0 Å². The van der Waals surface area contributed by atoms with Gasteiger partial charge < -0.3 is 19.6 Å². The van der Waals surface area contributed by atoms with Crippen LogP contribution in [-0.2, 0) is 0 Å². The van der Waals surface area contributed by atoms with Gasteiger partial charge in [-0.25, -0.2) is 9.78 Å². The minimum Gasteiger partial charge on any atom is -0.493 e. The Labute approximate surface area is 160 Å². The number of anilines is 1. The second kappa shape index (κ2) is 7.19. The summed E-state index contributed by atoms with van der Waals surface area (Å²) in [4.78, 5) is 22.5. The average Bonchev–Trinajstić information content (AvgIpc) is 3.14. The quantitative estimate of drug-likeness (QED) is 0.873. The molecule has 2 aliphatic heterocycles. The Morgan fingerprint density at radius 2 is 2.15 bits per heavy atom. The maximum absolute atomic E-state index is 11.4. The molecule has 1 amide bonds. The fraction of sp³-hybridized carbons (Fsp3) is 0.700. The Balaban J connectivity index is 1.35. The van der Waals surface area contributed by atoms with Gasteiger partial charge in [-0.05, 0) is 37.8 Å². The summed E-state index contributed by atoms with van der Waals surface area (Å²) >= 11 is 0. The highest BCUT2D eigenvalue weighted by atomic mass is 16.5. The number of aromatic nitrogens is 1. The fourth-order valence-corrected chi connectivity index (χ4v) is 5.59. The van der Waals surface area contributed by atoms with Crippen LogP contribution >= 0.6 is 0 Å². The molecule has 0 aromatic carbocycles. The molecule has 4 rings (SSSR count). The molecule has 2 saturated heterocycles. The molecule has 3 fully saturated rings. The van der Waals surface area contributed by atoms with E-state index in [1.807, 2.05) is 18.3 Å². The summed E-state index contributed by atoms with van der Waals surface area (Å²) in [6.45, 7) is 6.81. The minimum atomic E-state index is -0.756. The lowest BCUT2D eigenvalue weighted by molar-refractivity contribution is -0.0579. The number of hydrogen-bond acceptors (Lipinski definition) is 5. The van der Waals surface area contributed by atoms with E-state index >= 15 is 0 Å². The van der Waals surface area contributed by atoms with Crippen molar-refractivity contribution in [1.82, 2.24) is 14.8 Å². The van der Waals surface area contributed by atoms with E-state index < -0.39 is 6.09 Å². The van der Waals surface area contributed by atoms with Gasteiger partial charge in [-0.2, -0.15) is 0 Å². The lowest BCUT2D eigenvalue weighted by atomic mass is 9.69. The average molecular weight is 374 g/mol. The molecule has 0 bridgehead atoms. The number of amides is 1. The van der Waals surface area contributed by atoms with E-state index in [0.29, 0.717) is 6.04 Å². The number of carbonyl (C=O) groups is 1. The summed E-state index contributed by atoms with van der Waals surface area (Å²) in [7, 11) is 1.69. The van der Waals surface area contributed by atoms with Crippen molar-refractivity contribution in [1.29, 1.82) is 0 Å². The highest BCUT2D eigenvalue weighted by molar-refractivity contribution is 5.67. The first kappa shape index (κ1) is 18.3.